The molecule has 0 saturated heterocycles. The molecule has 0 bridgehead atoms. The average Bonchev–Trinajstić information content (AvgIpc) is 3.13. The zero-order valence-electron chi connectivity index (χ0n) is 15.4. The maximum Gasteiger partial charge on any atom is 0.181 e. The summed E-state index contributed by atoms with van der Waals surface area (Å²) in [5.74, 6) is 1.58. The van der Waals surface area contributed by atoms with Crippen molar-refractivity contribution in [3.8, 4) is 11.3 Å². The third-order valence-corrected chi connectivity index (χ3v) is 5.64. The second kappa shape index (κ2) is 8.28. The summed E-state index contributed by atoms with van der Waals surface area (Å²) >= 11 is 1.87. The van der Waals surface area contributed by atoms with Crippen molar-refractivity contribution < 1.29 is 4.42 Å². The third kappa shape index (κ3) is 5.79. The molecule has 136 valence electrons. The molecule has 1 fully saturated rings. The minimum Gasteiger partial charge on any atom is -0.444 e. The van der Waals surface area contributed by atoms with Crippen molar-refractivity contribution in [2.75, 3.05) is 11.9 Å². The first-order valence-electron chi connectivity index (χ1n) is 9.16. The molecule has 1 aliphatic rings. The second-order valence-corrected chi connectivity index (χ2v) is 9.54. The Bertz CT molecular complexity index is 626. The van der Waals surface area contributed by atoms with Gasteiger partial charge in [0.2, 0.25) is 0 Å². The molecule has 2 N–H and O–H groups in total. The number of nitrogens with one attached hydrogen (secondary N) is 2. The van der Waals surface area contributed by atoms with Crippen molar-refractivity contribution >= 4 is 17.6 Å². The maximum atomic E-state index is 5.33. The Morgan fingerprint density at radius 2 is 1.84 bits per heavy atom. The number of hydrogen-bond acceptors (Lipinski definition) is 5. The van der Waals surface area contributed by atoms with Gasteiger partial charge in [0.1, 0.15) is 0 Å². The Balaban J connectivity index is 1.40. The molecule has 1 aliphatic carbocycles. The van der Waals surface area contributed by atoms with Gasteiger partial charge in [-0.15, -0.1) is 0 Å². The topological polar surface area (TPSA) is 50.1 Å². The van der Waals surface area contributed by atoms with Gasteiger partial charge < -0.3 is 9.73 Å². The Morgan fingerprint density at radius 3 is 2.44 bits per heavy atom. The van der Waals surface area contributed by atoms with E-state index in [1.807, 2.05) is 11.9 Å². The van der Waals surface area contributed by atoms with Crippen LogP contribution in [-0.2, 0) is 0 Å². The molecule has 4 nitrogen and oxygen atoms in total. The molecule has 5 heteroatoms. The fourth-order valence-electron chi connectivity index (χ4n) is 3.12. The largest absolute Gasteiger partial charge is 0.444 e. The van der Waals surface area contributed by atoms with Gasteiger partial charge in [-0.1, -0.05) is 11.9 Å². The summed E-state index contributed by atoms with van der Waals surface area (Å²) in [5.41, 5.74) is 2.23. The summed E-state index contributed by atoms with van der Waals surface area (Å²) in [7, 11) is 0. The highest BCUT2D eigenvalue weighted by atomic mass is 32.2. The van der Waals surface area contributed by atoms with E-state index in [0.717, 1.165) is 23.8 Å². The van der Waals surface area contributed by atoms with Crippen LogP contribution in [-0.4, -0.2) is 22.3 Å². The number of benzene rings is 1. The number of aromatic nitrogens is 1. The van der Waals surface area contributed by atoms with Gasteiger partial charge in [-0.05, 0) is 76.6 Å². The molecule has 0 amide bonds. The number of nitrogens with zero attached hydrogens (tertiary/aromatic N) is 1. The summed E-state index contributed by atoms with van der Waals surface area (Å²) < 4.78 is 9.27. The first kappa shape index (κ1) is 18.3. The highest BCUT2D eigenvalue weighted by Crippen LogP contribution is 2.29. The van der Waals surface area contributed by atoms with E-state index in [9.17, 15) is 0 Å². The summed E-state index contributed by atoms with van der Waals surface area (Å²) in [5, 5.41) is 3.59. The van der Waals surface area contributed by atoms with Gasteiger partial charge >= 0.3 is 0 Å². The van der Waals surface area contributed by atoms with E-state index in [2.05, 4.69) is 60.1 Å². The smallest absolute Gasteiger partial charge is 0.181 e. The first-order valence-corrected chi connectivity index (χ1v) is 9.97. The minimum absolute atomic E-state index is 0.288. The van der Waals surface area contributed by atoms with Crippen LogP contribution in [0.1, 0.15) is 46.5 Å². The normalized spacial score (nSPS) is 21.2. The highest BCUT2D eigenvalue weighted by Gasteiger charge is 2.22. The van der Waals surface area contributed by atoms with Crippen molar-refractivity contribution in [1.82, 2.24) is 9.71 Å². The monoisotopic (exact) mass is 359 g/mol. The van der Waals surface area contributed by atoms with Crippen molar-refractivity contribution in [3.05, 3.63) is 36.9 Å². The minimum atomic E-state index is 0.288. The highest BCUT2D eigenvalue weighted by molar-refractivity contribution is 7.98. The van der Waals surface area contributed by atoms with Gasteiger partial charge in [0, 0.05) is 28.6 Å². The van der Waals surface area contributed by atoms with E-state index in [4.69, 9.17) is 4.42 Å². The lowest BCUT2D eigenvalue weighted by atomic mass is 9.86. The molecule has 0 atom stereocenters. The second-order valence-electron chi connectivity index (χ2n) is 7.87. The van der Waals surface area contributed by atoms with Crippen molar-refractivity contribution in [2.24, 2.45) is 5.92 Å². The standard InChI is InChI=1S/C20H29N3OS/c1-20(2,3)25-23-18-8-4-15(5-9-18)12-22-17-10-6-16(7-11-17)19-13-21-14-24-19/h6-7,10-11,13-15,18,22-23H,4-5,8-9,12H2,1-3H3. The van der Waals surface area contributed by atoms with Gasteiger partial charge in [-0.2, -0.15) is 0 Å². The van der Waals surface area contributed by atoms with Gasteiger partial charge in [0.15, 0.2) is 12.2 Å². The number of rotatable bonds is 6. The Morgan fingerprint density at radius 1 is 1.12 bits per heavy atom. The lowest BCUT2D eigenvalue weighted by molar-refractivity contribution is 0.328. The number of hydrogen-bond donors (Lipinski definition) is 2. The zero-order valence-corrected chi connectivity index (χ0v) is 16.2. The fraction of sp³-hybridized carbons (Fsp3) is 0.550. The predicted octanol–water partition coefficient (Wildman–Crippen LogP) is 5.35. The summed E-state index contributed by atoms with van der Waals surface area (Å²) in [4.78, 5) is 3.96. The van der Waals surface area contributed by atoms with Crippen LogP contribution in [0, 0.1) is 5.92 Å². The van der Waals surface area contributed by atoms with E-state index in [1.165, 1.54) is 37.8 Å². The van der Waals surface area contributed by atoms with Crippen LogP contribution in [0.3, 0.4) is 0 Å². The zero-order chi connectivity index (χ0) is 17.7. The molecule has 25 heavy (non-hydrogen) atoms. The van der Waals surface area contributed by atoms with Gasteiger partial charge in [-0.25, -0.2) is 4.98 Å². The van der Waals surface area contributed by atoms with Crippen LogP contribution in [0.2, 0.25) is 0 Å². The lowest BCUT2D eigenvalue weighted by Gasteiger charge is -2.31. The van der Waals surface area contributed by atoms with Crippen LogP contribution in [0.5, 0.6) is 0 Å². The molecule has 1 aromatic heterocycles. The molecular weight excluding hydrogens is 330 g/mol. The summed E-state index contributed by atoms with van der Waals surface area (Å²) in [6, 6.07) is 9.05. The predicted molar refractivity (Wildman–Crippen MR) is 107 cm³/mol. The van der Waals surface area contributed by atoms with Crippen molar-refractivity contribution in [2.45, 2.75) is 57.2 Å². The molecule has 0 aliphatic heterocycles. The maximum absolute atomic E-state index is 5.33. The van der Waals surface area contributed by atoms with E-state index >= 15 is 0 Å². The molecule has 3 rings (SSSR count). The Labute approximate surface area is 155 Å². The molecule has 1 saturated carbocycles. The Hall–Kier alpha value is -1.46. The fourth-order valence-corrected chi connectivity index (χ4v) is 3.87. The van der Waals surface area contributed by atoms with E-state index in [1.54, 1.807) is 6.20 Å². The van der Waals surface area contributed by atoms with E-state index < -0.39 is 0 Å². The molecular formula is C20H29N3OS. The van der Waals surface area contributed by atoms with Gasteiger partial charge in [-0.3, -0.25) is 4.72 Å². The molecule has 0 unspecified atom stereocenters. The SMILES string of the molecule is CC(C)(C)SNC1CCC(CNc2ccc(-c3cnco3)cc2)CC1. The third-order valence-electron chi connectivity index (χ3n) is 4.58. The van der Waals surface area contributed by atoms with Gasteiger partial charge in [0.05, 0.1) is 6.20 Å². The van der Waals surface area contributed by atoms with Gasteiger partial charge in [0.25, 0.3) is 0 Å². The van der Waals surface area contributed by atoms with Crippen LogP contribution in [0.15, 0.2) is 41.3 Å². The molecule has 1 aromatic carbocycles. The van der Waals surface area contributed by atoms with Crippen molar-refractivity contribution in [1.29, 1.82) is 0 Å². The summed E-state index contributed by atoms with van der Waals surface area (Å²) in [6.07, 6.45) is 8.36. The van der Waals surface area contributed by atoms with Crippen LogP contribution >= 0.6 is 11.9 Å². The Kier molecular flexibility index (Phi) is 6.07. The lowest BCUT2D eigenvalue weighted by Crippen LogP contribution is -2.33. The molecule has 2 aromatic rings. The van der Waals surface area contributed by atoms with Crippen LogP contribution in [0.4, 0.5) is 5.69 Å². The number of oxazole rings is 1. The number of anilines is 1. The van der Waals surface area contributed by atoms with Crippen LogP contribution < -0.4 is 10.0 Å². The molecule has 0 radical (unpaired) electrons. The first-order chi connectivity index (χ1) is 12.0. The average molecular weight is 360 g/mol. The van der Waals surface area contributed by atoms with Crippen molar-refractivity contribution in [3.63, 3.8) is 0 Å². The van der Waals surface area contributed by atoms with E-state index in [0.29, 0.717) is 6.04 Å². The van der Waals surface area contributed by atoms with E-state index in [-0.39, 0.29) is 4.75 Å². The quantitative estimate of drug-likeness (QED) is 0.681. The molecule has 0 spiro atoms. The molecule has 1 heterocycles. The van der Waals surface area contributed by atoms with Crippen LogP contribution in [0.25, 0.3) is 11.3 Å². The summed E-state index contributed by atoms with van der Waals surface area (Å²) in [6.45, 7) is 7.83.